The van der Waals surface area contributed by atoms with E-state index >= 15 is 0 Å². The SMILES string of the molecule is COc1c(-c2cnc(-c3cccc(F)c3)n(C3CCCCC3)c2=O)cnn(C)c1=O. The summed E-state index contributed by atoms with van der Waals surface area (Å²) in [5.74, 6) is 0.0736. The minimum atomic E-state index is -0.437. The van der Waals surface area contributed by atoms with E-state index < -0.39 is 11.4 Å². The lowest BCUT2D eigenvalue weighted by Crippen LogP contribution is -2.30. The zero-order valence-electron chi connectivity index (χ0n) is 17.0. The number of rotatable bonds is 4. The van der Waals surface area contributed by atoms with E-state index in [0.717, 1.165) is 36.8 Å². The van der Waals surface area contributed by atoms with Gasteiger partial charge in [0.25, 0.3) is 5.56 Å². The summed E-state index contributed by atoms with van der Waals surface area (Å²) in [6.45, 7) is 0. The quantitative estimate of drug-likeness (QED) is 0.659. The summed E-state index contributed by atoms with van der Waals surface area (Å²) < 4.78 is 22.0. The lowest BCUT2D eigenvalue weighted by molar-refractivity contribution is 0.347. The number of hydrogen-bond donors (Lipinski definition) is 0. The van der Waals surface area contributed by atoms with Crippen LogP contribution in [0.4, 0.5) is 4.39 Å². The van der Waals surface area contributed by atoms with E-state index in [1.165, 1.54) is 38.7 Å². The van der Waals surface area contributed by atoms with Crippen molar-refractivity contribution in [2.45, 2.75) is 38.1 Å². The normalized spacial score (nSPS) is 14.6. The van der Waals surface area contributed by atoms with E-state index in [0.29, 0.717) is 17.0 Å². The van der Waals surface area contributed by atoms with Crippen LogP contribution in [0.2, 0.25) is 0 Å². The zero-order valence-corrected chi connectivity index (χ0v) is 17.0. The summed E-state index contributed by atoms with van der Waals surface area (Å²) in [5.41, 5.74) is 0.354. The number of aromatic nitrogens is 4. The minimum Gasteiger partial charge on any atom is -0.491 e. The molecule has 0 saturated heterocycles. The fraction of sp³-hybridized carbons (Fsp3) is 0.364. The first-order valence-corrected chi connectivity index (χ1v) is 9.99. The molecule has 156 valence electrons. The van der Waals surface area contributed by atoms with Crippen molar-refractivity contribution in [3.05, 3.63) is 63.2 Å². The van der Waals surface area contributed by atoms with E-state index in [1.807, 2.05) is 0 Å². The highest BCUT2D eigenvalue weighted by atomic mass is 19.1. The van der Waals surface area contributed by atoms with Crippen molar-refractivity contribution in [3.63, 3.8) is 0 Å². The molecule has 8 heteroatoms. The van der Waals surface area contributed by atoms with E-state index in [-0.39, 0.29) is 22.9 Å². The van der Waals surface area contributed by atoms with Crippen molar-refractivity contribution in [2.75, 3.05) is 7.11 Å². The Bertz CT molecular complexity index is 1200. The van der Waals surface area contributed by atoms with Crippen molar-refractivity contribution in [1.82, 2.24) is 19.3 Å². The molecule has 1 aliphatic rings. The van der Waals surface area contributed by atoms with Crippen LogP contribution >= 0.6 is 0 Å². The van der Waals surface area contributed by atoms with Gasteiger partial charge in [-0.15, -0.1) is 0 Å². The van der Waals surface area contributed by atoms with E-state index in [1.54, 1.807) is 16.7 Å². The number of hydrogen-bond acceptors (Lipinski definition) is 5. The van der Waals surface area contributed by atoms with Crippen molar-refractivity contribution in [1.29, 1.82) is 0 Å². The third-order valence-electron chi connectivity index (χ3n) is 5.60. The summed E-state index contributed by atoms with van der Waals surface area (Å²) in [6, 6.07) is 6.04. The molecule has 0 unspecified atom stereocenters. The molecule has 0 aliphatic heterocycles. The van der Waals surface area contributed by atoms with Gasteiger partial charge < -0.3 is 4.74 Å². The van der Waals surface area contributed by atoms with Gasteiger partial charge in [0, 0.05) is 24.8 Å². The second-order valence-corrected chi connectivity index (χ2v) is 7.49. The van der Waals surface area contributed by atoms with Crippen LogP contribution in [-0.4, -0.2) is 26.4 Å². The van der Waals surface area contributed by atoms with Gasteiger partial charge in [0.2, 0.25) is 0 Å². The smallest absolute Gasteiger partial charge is 0.309 e. The fourth-order valence-corrected chi connectivity index (χ4v) is 4.08. The molecule has 1 aliphatic carbocycles. The van der Waals surface area contributed by atoms with E-state index in [4.69, 9.17) is 4.74 Å². The Hall–Kier alpha value is -3.29. The molecule has 7 nitrogen and oxygen atoms in total. The van der Waals surface area contributed by atoms with Crippen molar-refractivity contribution in [3.8, 4) is 28.3 Å². The summed E-state index contributed by atoms with van der Waals surface area (Å²) in [5, 5.41) is 4.04. The third kappa shape index (κ3) is 3.53. The lowest BCUT2D eigenvalue weighted by Gasteiger charge is -2.26. The van der Waals surface area contributed by atoms with Gasteiger partial charge in [-0.2, -0.15) is 5.10 Å². The van der Waals surface area contributed by atoms with Crippen molar-refractivity contribution < 1.29 is 9.13 Å². The predicted octanol–water partition coefficient (Wildman–Crippen LogP) is 3.32. The maximum atomic E-state index is 13.9. The van der Waals surface area contributed by atoms with Gasteiger partial charge in [-0.3, -0.25) is 14.2 Å². The van der Waals surface area contributed by atoms with E-state index in [2.05, 4.69) is 10.1 Å². The Morgan fingerprint density at radius 1 is 1.07 bits per heavy atom. The topological polar surface area (TPSA) is 79.0 Å². The van der Waals surface area contributed by atoms with Gasteiger partial charge >= 0.3 is 5.56 Å². The Kier molecular flexibility index (Phi) is 5.48. The van der Waals surface area contributed by atoms with Gasteiger partial charge in [-0.1, -0.05) is 31.4 Å². The molecule has 2 heterocycles. The minimum absolute atomic E-state index is 0.0394. The van der Waals surface area contributed by atoms with Gasteiger partial charge in [0.15, 0.2) is 5.75 Å². The van der Waals surface area contributed by atoms with E-state index in [9.17, 15) is 14.0 Å². The van der Waals surface area contributed by atoms with Crippen LogP contribution < -0.4 is 15.9 Å². The monoisotopic (exact) mass is 410 g/mol. The third-order valence-corrected chi connectivity index (χ3v) is 5.60. The Labute approximate surface area is 172 Å². The summed E-state index contributed by atoms with van der Waals surface area (Å²) >= 11 is 0. The maximum absolute atomic E-state index is 13.9. The number of benzene rings is 1. The molecule has 2 aromatic heterocycles. The summed E-state index contributed by atoms with van der Waals surface area (Å²) in [6.07, 6.45) is 7.70. The zero-order chi connectivity index (χ0) is 21.3. The van der Waals surface area contributed by atoms with Gasteiger partial charge in [0.05, 0.1) is 24.4 Å². The van der Waals surface area contributed by atoms with Crippen LogP contribution in [0.3, 0.4) is 0 Å². The summed E-state index contributed by atoms with van der Waals surface area (Å²) in [7, 11) is 2.90. The van der Waals surface area contributed by atoms with Crippen LogP contribution in [0.15, 0.2) is 46.2 Å². The van der Waals surface area contributed by atoms with Crippen LogP contribution in [0.5, 0.6) is 5.75 Å². The van der Waals surface area contributed by atoms with Crippen molar-refractivity contribution >= 4 is 0 Å². The lowest BCUT2D eigenvalue weighted by atomic mass is 9.94. The van der Waals surface area contributed by atoms with Gasteiger partial charge in [-0.25, -0.2) is 14.1 Å². The van der Waals surface area contributed by atoms with Gasteiger partial charge in [0.1, 0.15) is 11.6 Å². The second kappa shape index (κ2) is 8.22. The number of nitrogens with zero attached hydrogens (tertiary/aromatic N) is 4. The molecule has 0 bridgehead atoms. The highest BCUT2D eigenvalue weighted by Gasteiger charge is 2.24. The van der Waals surface area contributed by atoms with Gasteiger partial charge in [-0.05, 0) is 25.0 Å². The van der Waals surface area contributed by atoms with Crippen LogP contribution in [0, 0.1) is 5.82 Å². The second-order valence-electron chi connectivity index (χ2n) is 7.49. The number of aryl methyl sites for hydroxylation is 1. The standard InChI is InChI=1S/C22H23FN4O3/c1-26-22(29)19(30-2)17(13-25-26)18-12-24-20(14-7-6-8-15(23)11-14)27(21(18)28)16-9-4-3-5-10-16/h6-8,11-13,16H,3-5,9-10H2,1-2H3. The molecule has 4 rings (SSSR count). The molecule has 1 saturated carbocycles. The Morgan fingerprint density at radius 2 is 1.83 bits per heavy atom. The molecular formula is C22H23FN4O3. The molecule has 0 N–H and O–H groups in total. The largest absolute Gasteiger partial charge is 0.491 e. The number of methoxy groups -OCH3 is 1. The first-order chi connectivity index (χ1) is 14.5. The fourth-order valence-electron chi connectivity index (χ4n) is 4.08. The molecule has 1 fully saturated rings. The highest BCUT2D eigenvalue weighted by Crippen LogP contribution is 2.32. The molecular weight excluding hydrogens is 387 g/mol. The predicted molar refractivity (Wildman–Crippen MR) is 111 cm³/mol. The first kappa shape index (κ1) is 20.0. The van der Waals surface area contributed by atoms with Crippen LogP contribution in [0.25, 0.3) is 22.5 Å². The first-order valence-electron chi connectivity index (χ1n) is 9.99. The maximum Gasteiger partial charge on any atom is 0.309 e. The summed E-state index contributed by atoms with van der Waals surface area (Å²) in [4.78, 5) is 30.6. The van der Waals surface area contributed by atoms with Crippen LogP contribution in [0.1, 0.15) is 38.1 Å². The average molecular weight is 410 g/mol. The Morgan fingerprint density at radius 3 is 2.53 bits per heavy atom. The molecule has 0 amide bonds. The average Bonchev–Trinajstić information content (AvgIpc) is 2.76. The number of halogens is 1. The molecule has 3 aromatic rings. The number of ether oxygens (including phenoxy) is 1. The molecule has 30 heavy (non-hydrogen) atoms. The molecule has 1 aromatic carbocycles. The molecule has 0 atom stereocenters. The highest BCUT2D eigenvalue weighted by molar-refractivity contribution is 5.69. The van der Waals surface area contributed by atoms with Crippen LogP contribution in [-0.2, 0) is 7.05 Å². The Balaban J connectivity index is 1.97. The molecule has 0 radical (unpaired) electrons. The molecule has 0 spiro atoms. The van der Waals surface area contributed by atoms with Crippen molar-refractivity contribution in [2.24, 2.45) is 7.05 Å².